The molecule has 3 amide bonds. The molecule has 1 spiro atoms. The van der Waals surface area contributed by atoms with Gasteiger partial charge in [-0.1, -0.05) is 12.1 Å². The second-order valence-electron chi connectivity index (χ2n) is 7.34. The largest absolute Gasteiger partial charge is 0.467 e. The van der Waals surface area contributed by atoms with Crippen LogP contribution in [0.15, 0.2) is 29.6 Å². The van der Waals surface area contributed by atoms with Gasteiger partial charge in [-0.2, -0.15) is 0 Å². The van der Waals surface area contributed by atoms with Crippen LogP contribution in [0, 0.1) is 6.92 Å². The first-order chi connectivity index (χ1) is 13.9. The molecule has 2 aliphatic heterocycles. The van der Waals surface area contributed by atoms with Gasteiger partial charge in [0.25, 0.3) is 5.91 Å². The van der Waals surface area contributed by atoms with Gasteiger partial charge in [0, 0.05) is 31.2 Å². The van der Waals surface area contributed by atoms with E-state index in [1.165, 1.54) is 11.3 Å². The number of carbonyl (C=O) groups is 3. The molecule has 0 unspecified atom stereocenters. The van der Waals surface area contributed by atoms with Crippen molar-refractivity contribution in [1.29, 1.82) is 0 Å². The van der Waals surface area contributed by atoms with Crippen molar-refractivity contribution in [2.45, 2.75) is 44.9 Å². The van der Waals surface area contributed by atoms with Gasteiger partial charge in [-0.15, -0.1) is 11.3 Å². The molecule has 2 atom stereocenters. The molecular weight excluding hydrogens is 392 g/mol. The van der Waals surface area contributed by atoms with Crippen molar-refractivity contribution in [3.63, 3.8) is 0 Å². The average molecular weight is 414 g/mol. The third kappa shape index (κ3) is 3.82. The molecule has 4 rings (SSSR count). The van der Waals surface area contributed by atoms with Crippen molar-refractivity contribution in [2.75, 3.05) is 11.9 Å². The fraction of sp³-hybridized carbons (Fsp3) is 0.400. The number of likely N-dealkylation sites (tertiary alicyclic amines) is 1. The molecule has 2 aliphatic rings. The summed E-state index contributed by atoms with van der Waals surface area (Å²) >= 11 is 1.34. The maximum absolute atomic E-state index is 12.7. The van der Waals surface area contributed by atoms with Gasteiger partial charge in [-0.25, -0.2) is 4.98 Å². The van der Waals surface area contributed by atoms with Crippen molar-refractivity contribution in [1.82, 2.24) is 15.2 Å². The van der Waals surface area contributed by atoms with Crippen LogP contribution < -0.4 is 15.4 Å². The zero-order chi connectivity index (χ0) is 20.6. The number of nitrogens with zero attached hydrogens (tertiary/aromatic N) is 2. The van der Waals surface area contributed by atoms with Crippen LogP contribution in [0.2, 0.25) is 0 Å². The highest BCUT2D eigenvalue weighted by Gasteiger charge is 2.43. The first-order valence-corrected chi connectivity index (χ1v) is 10.4. The summed E-state index contributed by atoms with van der Waals surface area (Å²) in [5, 5.41) is 8.06. The maximum Gasteiger partial charge on any atom is 0.258 e. The predicted octanol–water partition coefficient (Wildman–Crippen LogP) is 2.31. The molecule has 1 saturated heterocycles. The molecule has 8 nitrogen and oxygen atoms in total. The first kappa shape index (κ1) is 19.4. The summed E-state index contributed by atoms with van der Waals surface area (Å²) in [5.41, 5.74) is 0.367. The third-order valence-electron chi connectivity index (χ3n) is 5.29. The molecule has 1 aromatic carbocycles. The van der Waals surface area contributed by atoms with Gasteiger partial charge in [0.15, 0.2) is 10.9 Å². The van der Waals surface area contributed by atoms with Crippen LogP contribution in [0.25, 0.3) is 0 Å². The number of thiazole rings is 1. The number of anilines is 1. The lowest BCUT2D eigenvalue weighted by molar-refractivity contribution is -0.137. The molecule has 0 bridgehead atoms. The molecule has 9 heteroatoms. The maximum atomic E-state index is 12.7. The van der Waals surface area contributed by atoms with Crippen LogP contribution in [-0.2, 0) is 9.59 Å². The Morgan fingerprint density at radius 3 is 2.90 bits per heavy atom. The number of aryl methyl sites for hydroxylation is 1. The van der Waals surface area contributed by atoms with Gasteiger partial charge in [0.05, 0.1) is 11.3 Å². The highest BCUT2D eigenvalue weighted by Crippen LogP contribution is 2.34. The number of hydrogen-bond acceptors (Lipinski definition) is 6. The molecule has 2 aromatic rings. The number of carbonyl (C=O) groups excluding carboxylic acids is 3. The minimum absolute atomic E-state index is 0.142. The normalized spacial score (nSPS) is 22.3. The van der Waals surface area contributed by atoms with Crippen LogP contribution in [0.5, 0.6) is 5.75 Å². The molecule has 2 N–H and O–H groups in total. The van der Waals surface area contributed by atoms with Crippen LogP contribution in [-0.4, -0.2) is 45.9 Å². The number of aromatic nitrogens is 1. The van der Waals surface area contributed by atoms with Gasteiger partial charge < -0.3 is 20.3 Å². The van der Waals surface area contributed by atoms with Crippen LogP contribution in [0.3, 0.4) is 0 Å². The summed E-state index contributed by atoms with van der Waals surface area (Å²) in [6, 6.07) is 6.40. The van der Waals surface area contributed by atoms with Gasteiger partial charge in [0.2, 0.25) is 11.8 Å². The molecule has 0 aliphatic carbocycles. The molecule has 1 aromatic heterocycles. The van der Waals surface area contributed by atoms with Gasteiger partial charge in [-0.3, -0.25) is 14.4 Å². The number of hydrogen-bond donors (Lipinski definition) is 2. The predicted molar refractivity (Wildman–Crippen MR) is 108 cm³/mol. The Kier molecular flexibility index (Phi) is 4.99. The zero-order valence-corrected chi connectivity index (χ0v) is 17.0. The Balaban J connectivity index is 1.48. The molecule has 152 valence electrons. The average Bonchev–Trinajstić information content (AvgIpc) is 3.04. The monoisotopic (exact) mass is 414 g/mol. The van der Waals surface area contributed by atoms with E-state index < -0.39 is 11.8 Å². The van der Waals surface area contributed by atoms with Crippen LogP contribution in [0.1, 0.15) is 42.2 Å². The standard InChI is InChI=1S/C20H22N4O4S/c1-12-11-29-19(21-12)22-17(26)13(2)24-10-9-20(8-7-16(24)25)23-18(27)14-5-3-4-6-15(14)28-20/h3-6,11,13H,7-10H2,1-2H3,(H,23,27)(H,21,22,26)/t13-,20+/m0/s1. The lowest BCUT2D eigenvalue weighted by atomic mass is 10.0. The third-order valence-corrected chi connectivity index (χ3v) is 6.17. The van der Waals surface area contributed by atoms with Crippen molar-refractivity contribution in [3.05, 3.63) is 40.9 Å². The lowest BCUT2D eigenvalue weighted by Crippen LogP contribution is -2.56. The zero-order valence-electron chi connectivity index (χ0n) is 16.2. The Labute approximate surface area is 172 Å². The van der Waals surface area contributed by atoms with Crippen molar-refractivity contribution in [3.8, 4) is 5.75 Å². The number of amides is 3. The number of rotatable bonds is 3. The van der Waals surface area contributed by atoms with E-state index in [9.17, 15) is 14.4 Å². The van der Waals surface area contributed by atoms with Crippen molar-refractivity contribution < 1.29 is 19.1 Å². The first-order valence-electron chi connectivity index (χ1n) is 9.50. The van der Waals surface area contributed by atoms with Crippen molar-refractivity contribution >= 4 is 34.2 Å². The molecule has 0 radical (unpaired) electrons. The minimum atomic E-state index is -0.946. The van der Waals surface area contributed by atoms with E-state index >= 15 is 0 Å². The number of para-hydroxylation sites is 1. The Morgan fingerprint density at radius 2 is 2.14 bits per heavy atom. The second-order valence-corrected chi connectivity index (χ2v) is 8.20. The summed E-state index contributed by atoms with van der Waals surface area (Å²) in [7, 11) is 0. The smallest absolute Gasteiger partial charge is 0.258 e. The number of benzene rings is 1. The van der Waals surface area contributed by atoms with E-state index in [0.717, 1.165) is 5.69 Å². The summed E-state index contributed by atoms with van der Waals surface area (Å²) in [6.45, 7) is 3.85. The van der Waals surface area contributed by atoms with E-state index in [0.29, 0.717) is 35.8 Å². The fourth-order valence-corrected chi connectivity index (χ4v) is 4.35. The van der Waals surface area contributed by atoms with E-state index in [-0.39, 0.29) is 24.1 Å². The van der Waals surface area contributed by atoms with E-state index in [2.05, 4.69) is 15.6 Å². The van der Waals surface area contributed by atoms with Crippen LogP contribution >= 0.6 is 11.3 Å². The Morgan fingerprint density at radius 1 is 1.34 bits per heavy atom. The molecule has 0 saturated carbocycles. The highest BCUT2D eigenvalue weighted by molar-refractivity contribution is 7.13. The Bertz CT molecular complexity index is 975. The number of ether oxygens (including phenoxy) is 1. The summed E-state index contributed by atoms with van der Waals surface area (Å²) in [4.78, 5) is 43.7. The summed E-state index contributed by atoms with van der Waals surface area (Å²) < 4.78 is 6.13. The highest BCUT2D eigenvalue weighted by atomic mass is 32.1. The van der Waals surface area contributed by atoms with Gasteiger partial charge >= 0.3 is 0 Å². The topological polar surface area (TPSA) is 101 Å². The summed E-state index contributed by atoms with van der Waals surface area (Å²) in [5.74, 6) is -0.126. The lowest BCUT2D eigenvalue weighted by Gasteiger charge is -2.38. The second kappa shape index (κ2) is 7.47. The molecular formula is C20H22N4O4S. The minimum Gasteiger partial charge on any atom is -0.467 e. The van der Waals surface area contributed by atoms with E-state index in [1.54, 1.807) is 30.0 Å². The van der Waals surface area contributed by atoms with Crippen LogP contribution in [0.4, 0.5) is 5.13 Å². The van der Waals surface area contributed by atoms with Crippen molar-refractivity contribution in [2.24, 2.45) is 0 Å². The van der Waals surface area contributed by atoms with Gasteiger partial charge in [0.1, 0.15) is 11.8 Å². The quantitative estimate of drug-likeness (QED) is 0.803. The van der Waals surface area contributed by atoms with Gasteiger partial charge in [-0.05, 0) is 26.0 Å². The molecule has 3 heterocycles. The van der Waals surface area contributed by atoms with E-state index in [1.807, 2.05) is 18.4 Å². The molecule has 29 heavy (non-hydrogen) atoms. The number of nitrogens with one attached hydrogen (secondary N) is 2. The molecule has 1 fully saturated rings. The fourth-order valence-electron chi connectivity index (χ4n) is 3.66. The Hall–Kier alpha value is -2.94. The van der Waals surface area contributed by atoms with E-state index in [4.69, 9.17) is 4.74 Å². The summed E-state index contributed by atoms with van der Waals surface area (Å²) in [6.07, 6.45) is 0.922. The number of fused-ring (bicyclic) bond motifs is 1. The SMILES string of the molecule is Cc1csc(NC(=O)[C@H](C)N2CC[C@]3(CCC2=O)NC(=O)c2ccccc2O3)n1.